The molecule has 3 N–H and O–H groups in total. The molecule has 0 bridgehead atoms. The molecule has 1 unspecified atom stereocenters. The topological polar surface area (TPSA) is 67.5 Å². The fourth-order valence-electron chi connectivity index (χ4n) is 2.42. The van der Waals surface area contributed by atoms with Crippen LogP contribution in [0.1, 0.15) is 67.7 Å². The summed E-state index contributed by atoms with van der Waals surface area (Å²) in [6, 6.07) is 0.296. The van der Waals surface area contributed by atoms with E-state index < -0.39 is 0 Å². The molecule has 0 saturated carbocycles. The van der Waals surface area contributed by atoms with Gasteiger partial charge in [0, 0.05) is 23.9 Å². The fourth-order valence-corrected chi connectivity index (χ4v) is 2.42. The van der Waals surface area contributed by atoms with Crippen molar-refractivity contribution in [1.29, 1.82) is 0 Å². The summed E-state index contributed by atoms with van der Waals surface area (Å²) < 4.78 is 0. The van der Waals surface area contributed by atoms with Gasteiger partial charge in [-0.3, -0.25) is 9.79 Å². The molecule has 0 aliphatic rings. The number of Topliss-reactive ketones (excluding diaryl/α,β-unsaturated/α-hetero) is 1. The molecule has 124 valence electrons. The van der Waals surface area contributed by atoms with E-state index in [2.05, 4.69) is 24.2 Å². The minimum absolute atomic E-state index is 0.138. The third-order valence-corrected chi connectivity index (χ3v) is 3.30. The first-order chi connectivity index (χ1) is 9.54. The maximum atomic E-state index is 12.5. The van der Waals surface area contributed by atoms with Gasteiger partial charge in [0.15, 0.2) is 5.96 Å². The monoisotopic (exact) mass is 297 g/mol. The SMILES string of the molecule is CC(C)CC(CCCN=C(N)NC(C)C)C(=O)C(C)(C)C. The zero-order valence-corrected chi connectivity index (χ0v) is 15.0. The first-order valence-corrected chi connectivity index (χ1v) is 8.14. The summed E-state index contributed by atoms with van der Waals surface area (Å²) in [5, 5.41) is 3.07. The van der Waals surface area contributed by atoms with Crippen LogP contribution in [0.2, 0.25) is 0 Å². The predicted octanol–water partition coefficient (Wildman–Crippen LogP) is 3.36. The molecule has 0 aromatic heterocycles. The van der Waals surface area contributed by atoms with Crippen molar-refractivity contribution in [3.63, 3.8) is 0 Å². The van der Waals surface area contributed by atoms with Gasteiger partial charge >= 0.3 is 0 Å². The first-order valence-electron chi connectivity index (χ1n) is 8.14. The third-order valence-electron chi connectivity index (χ3n) is 3.30. The number of rotatable bonds is 8. The zero-order valence-electron chi connectivity index (χ0n) is 15.0. The molecule has 1 atom stereocenters. The van der Waals surface area contributed by atoms with Crippen LogP contribution in [-0.2, 0) is 4.79 Å². The average Bonchev–Trinajstić information content (AvgIpc) is 2.29. The van der Waals surface area contributed by atoms with Crippen molar-refractivity contribution in [2.75, 3.05) is 6.54 Å². The van der Waals surface area contributed by atoms with Gasteiger partial charge in [0.1, 0.15) is 5.78 Å². The van der Waals surface area contributed by atoms with E-state index in [4.69, 9.17) is 5.73 Å². The maximum absolute atomic E-state index is 12.5. The van der Waals surface area contributed by atoms with Crippen molar-refractivity contribution in [1.82, 2.24) is 5.32 Å². The van der Waals surface area contributed by atoms with Crippen molar-refractivity contribution in [2.45, 2.75) is 73.8 Å². The number of carbonyl (C=O) groups is 1. The highest BCUT2D eigenvalue weighted by Crippen LogP contribution is 2.27. The summed E-state index contributed by atoms with van der Waals surface area (Å²) in [6.45, 7) is 15.1. The van der Waals surface area contributed by atoms with Gasteiger partial charge in [0.2, 0.25) is 0 Å². The second-order valence-corrected chi connectivity index (χ2v) is 7.65. The van der Waals surface area contributed by atoms with Gasteiger partial charge in [0.05, 0.1) is 0 Å². The van der Waals surface area contributed by atoms with Crippen LogP contribution in [-0.4, -0.2) is 24.3 Å². The largest absolute Gasteiger partial charge is 0.370 e. The lowest BCUT2D eigenvalue weighted by Gasteiger charge is -2.25. The zero-order chi connectivity index (χ0) is 16.6. The summed E-state index contributed by atoms with van der Waals surface area (Å²) in [5.74, 6) is 1.54. The van der Waals surface area contributed by atoms with E-state index in [9.17, 15) is 4.79 Å². The average molecular weight is 297 g/mol. The summed E-state index contributed by atoms with van der Waals surface area (Å²) in [6.07, 6.45) is 2.76. The maximum Gasteiger partial charge on any atom is 0.188 e. The molecule has 0 aromatic carbocycles. The molecule has 0 saturated heterocycles. The molecule has 4 heteroatoms. The van der Waals surface area contributed by atoms with Crippen molar-refractivity contribution in [3.05, 3.63) is 0 Å². The van der Waals surface area contributed by atoms with Crippen molar-refractivity contribution in [2.24, 2.45) is 28.0 Å². The number of aliphatic imine (C=N–C) groups is 1. The number of carbonyl (C=O) groups excluding carboxylic acids is 1. The Morgan fingerprint density at radius 2 is 1.76 bits per heavy atom. The predicted molar refractivity (Wildman–Crippen MR) is 91.4 cm³/mol. The molecule has 0 radical (unpaired) electrons. The summed E-state index contributed by atoms with van der Waals surface area (Å²) in [5.41, 5.74) is 5.51. The van der Waals surface area contributed by atoms with Crippen LogP contribution in [0.5, 0.6) is 0 Å². The number of nitrogens with one attached hydrogen (secondary N) is 1. The Hall–Kier alpha value is -1.06. The quantitative estimate of drug-likeness (QED) is 0.410. The van der Waals surface area contributed by atoms with Crippen molar-refractivity contribution >= 4 is 11.7 Å². The van der Waals surface area contributed by atoms with Crippen LogP contribution in [0.25, 0.3) is 0 Å². The lowest BCUT2D eigenvalue weighted by Crippen LogP contribution is -2.36. The molecule has 0 fully saturated rings. The highest BCUT2D eigenvalue weighted by Gasteiger charge is 2.29. The molecule has 0 amide bonds. The molecule has 0 heterocycles. The lowest BCUT2D eigenvalue weighted by atomic mass is 9.78. The van der Waals surface area contributed by atoms with Crippen molar-refractivity contribution in [3.8, 4) is 0 Å². The third kappa shape index (κ3) is 9.48. The number of nitrogens with zero attached hydrogens (tertiary/aromatic N) is 1. The van der Waals surface area contributed by atoms with E-state index in [1.807, 2.05) is 34.6 Å². The Bertz CT molecular complexity index is 340. The van der Waals surface area contributed by atoms with Crippen LogP contribution in [0, 0.1) is 17.3 Å². The molecule has 0 aliphatic carbocycles. The minimum atomic E-state index is -0.263. The van der Waals surface area contributed by atoms with E-state index in [0.29, 0.717) is 30.2 Å². The fraction of sp³-hybridized carbons (Fsp3) is 0.882. The second-order valence-electron chi connectivity index (χ2n) is 7.65. The van der Waals surface area contributed by atoms with Crippen LogP contribution in [0.4, 0.5) is 0 Å². The second kappa shape index (κ2) is 9.06. The molecule has 21 heavy (non-hydrogen) atoms. The smallest absolute Gasteiger partial charge is 0.188 e. The molecule has 0 spiro atoms. The van der Waals surface area contributed by atoms with Crippen LogP contribution < -0.4 is 11.1 Å². The Labute approximate surface area is 131 Å². The highest BCUT2D eigenvalue weighted by molar-refractivity contribution is 5.85. The first kappa shape index (κ1) is 19.9. The highest BCUT2D eigenvalue weighted by atomic mass is 16.1. The van der Waals surface area contributed by atoms with E-state index in [1.165, 1.54) is 0 Å². The van der Waals surface area contributed by atoms with Crippen LogP contribution in [0.3, 0.4) is 0 Å². The van der Waals surface area contributed by atoms with Gasteiger partial charge in [-0.05, 0) is 39.0 Å². The van der Waals surface area contributed by atoms with Crippen LogP contribution in [0.15, 0.2) is 4.99 Å². The Kier molecular flexibility index (Phi) is 8.60. The van der Waals surface area contributed by atoms with E-state index in [1.54, 1.807) is 0 Å². The van der Waals surface area contributed by atoms with Crippen LogP contribution >= 0.6 is 0 Å². The Morgan fingerprint density at radius 1 is 1.19 bits per heavy atom. The summed E-state index contributed by atoms with van der Waals surface area (Å²) in [7, 11) is 0. The minimum Gasteiger partial charge on any atom is -0.370 e. The molecule has 0 aliphatic heterocycles. The molecule has 4 nitrogen and oxygen atoms in total. The number of guanidine groups is 1. The van der Waals surface area contributed by atoms with E-state index in [0.717, 1.165) is 19.3 Å². The van der Waals surface area contributed by atoms with E-state index >= 15 is 0 Å². The van der Waals surface area contributed by atoms with Gasteiger partial charge < -0.3 is 11.1 Å². The molecular formula is C17H35N3O. The van der Waals surface area contributed by atoms with Gasteiger partial charge in [-0.1, -0.05) is 34.6 Å². The van der Waals surface area contributed by atoms with Gasteiger partial charge in [0.25, 0.3) is 0 Å². The standard InChI is InChI=1S/C17H35N3O/c1-12(2)11-14(15(21)17(5,6)7)9-8-10-19-16(18)20-13(3)4/h12-14H,8-11H2,1-7H3,(H3,18,19,20). The molecular weight excluding hydrogens is 262 g/mol. The van der Waals surface area contributed by atoms with Gasteiger partial charge in [-0.2, -0.15) is 0 Å². The van der Waals surface area contributed by atoms with Gasteiger partial charge in [-0.15, -0.1) is 0 Å². The normalized spacial score (nSPS) is 14.6. The number of ketones is 1. The molecule has 0 rings (SSSR count). The lowest BCUT2D eigenvalue weighted by molar-refractivity contribution is -0.131. The summed E-state index contributed by atoms with van der Waals surface area (Å²) in [4.78, 5) is 16.8. The number of hydrogen-bond donors (Lipinski definition) is 2. The Balaban J connectivity index is 4.41. The number of nitrogens with two attached hydrogens (primary N) is 1. The Morgan fingerprint density at radius 3 is 2.19 bits per heavy atom. The van der Waals surface area contributed by atoms with Gasteiger partial charge in [-0.25, -0.2) is 0 Å². The van der Waals surface area contributed by atoms with E-state index in [-0.39, 0.29) is 11.3 Å². The summed E-state index contributed by atoms with van der Waals surface area (Å²) >= 11 is 0. The number of hydrogen-bond acceptors (Lipinski definition) is 2. The van der Waals surface area contributed by atoms with Crippen molar-refractivity contribution < 1.29 is 4.79 Å². The molecule has 0 aromatic rings.